The maximum absolute atomic E-state index is 13.2. The summed E-state index contributed by atoms with van der Waals surface area (Å²) in [4.78, 5) is 27.7. The monoisotopic (exact) mass is 376 g/mol. The van der Waals surface area contributed by atoms with E-state index in [0.717, 1.165) is 11.3 Å². The third kappa shape index (κ3) is 3.44. The van der Waals surface area contributed by atoms with Crippen LogP contribution in [0.5, 0.6) is 0 Å². The molecule has 1 heterocycles. The highest BCUT2D eigenvalue weighted by molar-refractivity contribution is 6.30. The number of para-hydroxylation sites is 1. The Balaban J connectivity index is 1.65. The third-order valence-electron chi connectivity index (χ3n) is 4.63. The van der Waals surface area contributed by atoms with Crippen molar-refractivity contribution in [2.75, 3.05) is 10.2 Å². The molecule has 3 aromatic rings. The number of benzene rings is 3. The van der Waals surface area contributed by atoms with E-state index < -0.39 is 6.04 Å². The molecule has 4 nitrogen and oxygen atoms in total. The lowest BCUT2D eigenvalue weighted by Crippen LogP contribution is -2.45. The van der Waals surface area contributed by atoms with Gasteiger partial charge in [0.05, 0.1) is 0 Å². The second-order valence-electron chi connectivity index (χ2n) is 6.39. The molecule has 27 heavy (non-hydrogen) atoms. The molecule has 0 saturated carbocycles. The summed E-state index contributed by atoms with van der Waals surface area (Å²) in [6.45, 7) is 0. The Morgan fingerprint density at radius 2 is 1.56 bits per heavy atom. The number of hydrogen-bond acceptors (Lipinski definition) is 2. The minimum absolute atomic E-state index is 0.184. The summed E-state index contributed by atoms with van der Waals surface area (Å²) in [6, 6.07) is 23.0. The molecule has 0 aliphatic carbocycles. The van der Waals surface area contributed by atoms with E-state index in [4.69, 9.17) is 11.6 Å². The topological polar surface area (TPSA) is 49.4 Å². The van der Waals surface area contributed by atoms with Crippen LogP contribution in [0.15, 0.2) is 78.9 Å². The first-order valence-electron chi connectivity index (χ1n) is 8.66. The predicted octanol–water partition coefficient (Wildman–Crippen LogP) is 4.55. The first-order valence-corrected chi connectivity index (χ1v) is 9.04. The molecule has 3 aromatic carbocycles. The van der Waals surface area contributed by atoms with Crippen LogP contribution in [-0.4, -0.2) is 17.9 Å². The molecule has 1 atom stereocenters. The molecule has 4 rings (SSSR count). The minimum atomic E-state index is -0.606. The van der Waals surface area contributed by atoms with E-state index in [1.54, 1.807) is 41.3 Å². The molecule has 0 bridgehead atoms. The first-order chi connectivity index (χ1) is 13.1. The van der Waals surface area contributed by atoms with Gasteiger partial charge in [-0.25, -0.2) is 0 Å². The molecule has 1 aliphatic rings. The summed E-state index contributed by atoms with van der Waals surface area (Å²) < 4.78 is 0. The number of carbonyl (C=O) groups is 2. The Morgan fingerprint density at radius 1 is 0.889 bits per heavy atom. The molecule has 0 aromatic heterocycles. The van der Waals surface area contributed by atoms with Gasteiger partial charge in [-0.15, -0.1) is 0 Å². The highest BCUT2D eigenvalue weighted by Crippen LogP contribution is 2.34. The zero-order valence-electron chi connectivity index (χ0n) is 14.4. The molecule has 0 saturated heterocycles. The second kappa shape index (κ2) is 7.25. The van der Waals surface area contributed by atoms with Gasteiger partial charge in [-0.05, 0) is 48.0 Å². The lowest BCUT2D eigenvalue weighted by atomic mass is 10.1. The Labute approximate surface area is 162 Å². The fourth-order valence-corrected chi connectivity index (χ4v) is 3.45. The fraction of sp³-hybridized carbons (Fsp3) is 0.0909. The predicted molar refractivity (Wildman–Crippen MR) is 107 cm³/mol. The largest absolute Gasteiger partial charge is 0.324 e. The van der Waals surface area contributed by atoms with Crippen molar-refractivity contribution in [3.63, 3.8) is 0 Å². The van der Waals surface area contributed by atoms with Gasteiger partial charge in [0.1, 0.15) is 6.04 Å². The van der Waals surface area contributed by atoms with E-state index in [0.29, 0.717) is 22.7 Å². The van der Waals surface area contributed by atoms with Crippen LogP contribution in [-0.2, 0) is 11.2 Å². The number of rotatable bonds is 3. The van der Waals surface area contributed by atoms with Gasteiger partial charge in [-0.3, -0.25) is 14.5 Å². The Hall–Kier alpha value is -3.11. The summed E-state index contributed by atoms with van der Waals surface area (Å²) in [5.74, 6) is -0.408. The molecular weight excluding hydrogens is 360 g/mol. The number of amides is 2. The van der Waals surface area contributed by atoms with E-state index >= 15 is 0 Å². The van der Waals surface area contributed by atoms with Gasteiger partial charge in [0, 0.05) is 28.4 Å². The maximum atomic E-state index is 13.2. The van der Waals surface area contributed by atoms with Crippen molar-refractivity contribution < 1.29 is 9.59 Å². The van der Waals surface area contributed by atoms with Crippen molar-refractivity contribution in [3.8, 4) is 0 Å². The van der Waals surface area contributed by atoms with Crippen LogP contribution in [0.1, 0.15) is 15.9 Å². The highest BCUT2D eigenvalue weighted by Gasteiger charge is 2.38. The van der Waals surface area contributed by atoms with Crippen molar-refractivity contribution in [2.45, 2.75) is 12.5 Å². The number of carbonyl (C=O) groups excluding carboxylic acids is 2. The van der Waals surface area contributed by atoms with Gasteiger partial charge in [0.25, 0.3) is 5.91 Å². The minimum Gasteiger partial charge on any atom is -0.324 e. The lowest BCUT2D eigenvalue weighted by Gasteiger charge is -2.25. The van der Waals surface area contributed by atoms with Gasteiger partial charge in [-0.2, -0.15) is 0 Å². The number of nitrogens with one attached hydrogen (secondary N) is 1. The molecule has 0 fully saturated rings. The van der Waals surface area contributed by atoms with Gasteiger partial charge in [0.15, 0.2) is 0 Å². The average Bonchev–Trinajstić information content (AvgIpc) is 3.09. The van der Waals surface area contributed by atoms with Crippen LogP contribution in [0.3, 0.4) is 0 Å². The van der Waals surface area contributed by atoms with Crippen molar-refractivity contribution in [1.29, 1.82) is 0 Å². The molecule has 2 amide bonds. The molecular formula is C22H17ClN2O2. The summed E-state index contributed by atoms with van der Waals surface area (Å²) in [5, 5.41) is 3.49. The van der Waals surface area contributed by atoms with Gasteiger partial charge in [-0.1, -0.05) is 48.0 Å². The third-order valence-corrected chi connectivity index (χ3v) is 4.88. The van der Waals surface area contributed by atoms with E-state index in [1.165, 1.54) is 0 Å². The molecule has 1 N–H and O–H groups in total. The first kappa shape index (κ1) is 17.3. The van der Waals surface area contributed by atoms with E-state index in [1.807, 2.05) is 42.5 Å². The molecule has 0 spiro atoms. The number of anilines is 2. The molecule has 5 heteroatoms. The van der Waals surface area contributed by atoms with Crippen LogP contribution in [0.2, 0.25) is 5.02 Å². The van der Waals surface area contributed by atoms with Crippen molar-refractivity contribution >= 4 is 34.8 Å². The van der Waals surface area contributed by atoms with Crippen LogP contribution >= 0.6 is 11.6 Å². The second-order valence-corrected chi connectivity index (χ2v) is 6.82. The van der Waals surface area contributed by atoms with Crippen molar-refractivity contribution in [1.82, 2.24) is 0 Å². The van der Waals surface area contributed by atoms with Crippen LogP contribution < -0.4 is 10.2 Å². The molecule has 134 valence electrons. The van der Waals surface area contributed by atoms with E-state index in [2.05, 4.69) is 5.32 Å². The number of fused-ring (bicyclic) bond motifs is 1. The Kier molecular flexibility index (Phi) is 4.65. The van der Waals surface area contributed by atoms with Gasteiger partial charge in [0.2, 0.25) is 5.91 Å². The number of halogens is 1. The molecule has 1 unspecified atom stereocenters. The van der Waals surface area contributed by atoms with Crippen LogP contribution in [0.25, 0.3) is 0 Å². The van der Waals surface area contributed by atoms with Gasteiger partial charge >= 0.3 is 0 Å². The highest BCUT2D eigenvalue weighted by atomic mass is 35.5. The molecule has 1 aliphatic heterocycles. The normalized spacial score (nSPS) is 15.3. The molecule has 0 radical (unpaired) electrons. The van der Waals surface area contributed by atoms with Crippen molar-refractivity contribution in [3.05, 3.63) is 95.0 Å². The quantitative estimate of drug-likeness (QED) is 0.729. The number of hydrogen-bond donors (Lipinski definition) is 1. The van der Waals surface area contributed by atoms with Crippen LogP contribution in [0, 0.1) is 0 Å². The average molecular weight is 377 g/mol. The smallest absolute Gasteiger partial charge is 0.259 e. The van der Waals surface area contributed by atoms with E-state index in [-0.39, 0.29) is 11.8 Å². The lowest BCUT2D eigenvalue weighted by molar-refractivity contribution is -0.117. The van der Waals surface area contributed by atoms with E-state index in [9.17, 15) is 9.59 Å². The maximum Gasteiger partial charge on any atom is 0.259 e. The summed E-state index contributed by atoms with van der Waals surface area (Å²) in [6.07, 6.45) is 0.480. The van der Waals surface area contributed by atoms with Crippen LogP contribution in [0.4, 0.5) is 11.4 Å². The summed E-state index contributed by atoms with van der Waals surface area (Å²) >= 11 is 5.90. The summed E-state index contributed by atoms with van der Waals surface area (Å²) in [5.41, 5.74) is 2.96. The SMILES string of the molecule is O=C(Nc1ccc(Cl)cc1)C1Cc2ccccc2N1C(=O)c1ccccc1. The Morgan fingerprint density at radius 3 is 2.30 bits per heavy atom. The fourth-order valence-electron chi connectivity index (χ4n) is 3.33. The Bertz CT molecular complexity index is 987. The standard InChI is InChI=1S/C22H17ClN2O2/c23-17-10-12-18(13-11-17)24-21(26)20-14-16-8-4-5-9-19(16)25(20)22(27)15-6-2-1-3-7-15/h1-13,20H,14H2,(H,24,26). The van der Waals surface area contributed by atoms with Crippen molar-refractivity contribution in [2.24, 2.45) is 0 Å². The number of nitrogens with zero attached hydrogens (tertiary/aromatic N) is 1. The zero-order chi connectivity index (χ0) is 18.8. The van der Waals surface area contributed by atoms with Gasteiger partial charge < -0.3 is 5.32 Å². The zero-order valence-corrected chi connectivity index (χ0v) is 15.2. The summed E-state index contributed by atoms with van der Waals surface area (Å²) in [7, 11) is 0.